The number of rotatable bonds is 9. The average Bonchev–Trinajstić information content (AvgIpc) is 2.25. The lowest BCUT2D eigenvalue weighted by Crippen LogP contribution is -2.41. The van der Waals surface area contributed by atoms with Crippen LogP contribution in [0.3, 0.4) is 0 Å². The molecule has 0 spiro atoms. The number of esters is 1. The molecule has 18 heavy (non-hydrogen) atoms. The van der Waals surface area contributed by atoms with Gasteiger partial charge in [0.25, 0.3) is 0 Å². The van der Waals surface area contributed by atoms with E-state index in [4.69, 9.17) is 0 Å². The van der Waals surface area contributed by atoms with Crippen molar-refractivity contribution in [3.63, 3.8) is 0 Å². The van der Waals surface area contributed by atoms with Gasteiger partial charge in [0.05, 0.1) is 24.4 Å². The lowest BCUT2D eigenvalue weighted by atomic mass is 10.0. The van der Waals surface area contributed by atoms with Crippen LogP contribution in [0.2, 0.25) is 0 Å². The summed E-state index contributed by atoms with van der Waals surface area (Å²) in [4.78, 5) is 11.0. The predicted molar refractivity (Wildman–Crippen MR) is 68.6 cm³/mol. The van der Waals surface area contributed by atoms with Crippen LogP contribution < -0.4 is 4.72 Å². The molecule has 0 bridgehead atoms. The molecular formula is C11H23NO5S. The summed E-state index contributed by atoms with van der Waals surface area (Å²) in [6.45, 7) is 5.32. The van der Waals surface area contributed by atoms with Gasteiger partial charge in [-0.3, -0.25) is 4.79 Å². The molecule has 1 unspecified atom stereocenters. The summed E-state index contributed by atoms with van der Waals surface area (Å²) in [5, 5.41) is 9.82. The highest BCUT2D eigenvalue weighted by Gasteiger charge is 2.22. The van der Waals surface area contributed by atoms with E-state index in [0.717, 1.165) is 6.42 Å². The highest BCUT2D eigenvalue weighted by atomic mass is 32.2. The largest absolute Gasteiger partial charge is 0.466 e. The Morgan fingerprint density at radius 3 is 2.50 bits per heavy atom. The summed E-state index contributed by atoms with van der Waals surface area (Å²) in [6, 6.07) is 0. The predicted octanol–water partition coefficient (Wildman–Crippen LogP) is 0.410. The second-order valence-corrected chi connectivity index (χ2v) is 6.37. The second kappa shape index (κ2) is 7.70. The van der Waals surface area contributed by atoms with Gasteiger partial charge in [0.1, 0.15) is 0 Å². The fourth-order valence-corrected chi connectivity index (χ4v) is 2.53. The molecule has 1 atom stereocenters. The van der Waals surface area contributed by atoms with Crippen molar-refractivity contribution >= 4 is 16.0 Å². The maximum absolute atomic E-state index is 11.6. The maximum Gasteiger partial charge on any atom is 0.306 e. The van der Waals surface area contributed by atoms with Crippen LogP contribution in [0.25, 0.3) is 0 Å². The molecule has 0 saturated carbocycles. The molecule has 6 nitrogen and oxygen atoms in total. The molecule has 0 amide bonds. The molecule has 0 rings (SSSR count). The fourth-order valence-electron chi connectivity index (χ4n) is 1.42. The first-order valence-corrected chi connectivity index (χ1v) is 7.73. The molecule has 0 saturated heterocycles. The van der Waals surface area contributed by atoms with Crippen LogP contribution >= 0.6 is 0 Å². The Labute approximate surface area is 109 Å². The van der Waals surface area contributed by atoms with Gasteiger partial charge >= 0.3 is 5.97 Å². The zero-order valence-electron chi connectivity index (χ0n) is 11.2. The molecule has 0 radical (unpaired) electrons. The topological polar surface area (TPSA) is 92.7 Å². The van der Waals surface area contributed by atoms with Gasteiger partial charge in [0, 0.05) is 6.54 Å². The Morgan fingerprint density at radius 2 is 2.00 bits per heavy atom. The minimum atomic E-state index is -3.56. The number of carbonyl (C=O) groups excluding carboxylic acids is 1. The van der Waals surface area contributed by atoms with Gasteiger partial charge in [-0.1, -0.05) is 13.3 Å². The van der Waals surface area contributed by atoms with Crippen LogP contribution in [0.4, 0.5) is 0 Å². The highest BCUT2D eigenvalue weighted by Crippen LogP contribution is 2.10. The molecule has 0 aliphatic rings. The van der Waals surface area contributed by atoms with E-state index >= 15 is 0 Å². The third-order valence-corrected chi connectivity index (χ3v) is 3.67. The minimum Gasteiger partial charge on any atom is -0.466 e. The van der Waals surface area contributed by atoms with E-state index < -0.39 is 21.6 Å². The number of nitrogens with one attached hydrogen (secondary N) is 1. The van der Waals surface area contributed by atoms with Crippen molar-refractivity contribution in [3.05, 3.63) is 0 Å². The van der Waals surface area contributed by atoms with Crippen molar-refractivity contribution in [1.82, 2.24) is 4.72 Å². The smallest absolute Gasteiger partial charge is 0.306 e. The van der Waals surface area contributed by atoms with Crippen LogP contribution in [0.15, 0.2) is 0 Å². The van der Waals surface area contributed by atoms with E-state index in [0.29, 0.717) is 6.42 Å². The number of ether oxygens (including phenoxy) is 1. The van der Waals surface area contributed by atoms with E-state index in [9.17, 15) is 18.3 Å². The average molecular weight is 281 g/mol. The molecule has 0 aromatic rings. The first kappa shape index (κ1) is 17.3. The number of aliphatic hydroxyl groups is 1. The Kier molecular flexibility index (Phi) is 7.42. The quantitative estimate of drug-likeness (QED) is 0.597. The summed E-state index contributed by atoms with van der Waals surface area (Å²) in [6.07, 6.45) is 1.09. The number of carbonyl (C=O) groups is 1. The zero-order valence-corrected chi connectivity index (χ0v) is 12.0. The Balaban J connectivity index is 4.12. The van der Waals surface area contributed by atoms with Gasteiger partial charge in [-0.05, 0) is 20.3 Å². The Morgan fingerprint density at radius 1 is 1.39 bits per heavy atom. The zero-order chi connectivity index (χ0) is 14.2. The lowest BCUT2D eigenvalue weighted by Gasteiger charge is -2.22. The van der Waals surface area contributed by atoms with E-state index in [1.54, 1.807) is 13.8 Å². The number of hydrogen-bond acceptors (Lipinski definition) is 5. The van der Waals surface area contributed by atoms with Crippen molar-refractivity contribution < 1.29 is 23.1 Å². The van der Waals surface area contributed by atoms with Crippen molar-refractivity contribution in [2.75, 3.05) is 18.9 Å². The first-order valence-electron chi connectivity index (χ1n) is 6.08. The Bertz CT molecular complexity index is 350. The van der Waals surface area contributed by atoms with Gasteiger partial charge in [-0.15, -0.1) is 0 Å². The normalized spacial score (nSPS) is 15.1. The third kappa shape index (κ3) is 8.43. The first-order chi connectivity index (χ1) is 8.22. The molecule has 2 N–H and O–H groups in total. The van der Waals surface area contributed by atoms with Crippen molar-refractivity contribution in [2.24, 2.45) is 0 Å². The Hall–Kier alpha value is -0.660. The van der Waals surface area contributed by atoms with Crippen LogP contribution in [-0.4, -0.2) is 44.0 Å². The molecule has 7 heteroatoms. The van der Waals surface area contributed by atoms with E-state index in [1.165, 1.54) is 0 Å². The number of sulfonamides is 1. The summed E-state index contributed by atoms with van der Waals surface area (Å²) in [5.74, 6) is -0.864. The van der Waals surface area contributed by atoms with Crippen molar-refractivity contribution in [2.45, 2.75) is 45.6 Å². The lowest BCUT2D eigenvalue weighted by molar-refractivity contribution is -0.142. The molecular weight excluding hydrogens is 258 g/mol. The van der Waals surface area contributed by atoms with Crippen molar-refractivity contribution in [1.29, 1.82) is 0 Å². The molecule has 0 aromatic heterocycles. The van der Waals surface area contributed by atoms with Crippen LogP contribution in [0, 0.1) is 0 Å². The summed E-state index contributed by atoms with van der Waals surface area (Å²) >= 11 is 0. The maximum atomic E-state index is 11.6. The minimum absolute atomic E-state index is 0.0496. The summed E-state index contributed by atoms with van der Waals surface area (Å²) < 4.78 is 30.1. The second-order valence-electron chi connectivity index (χ2n) is 4.44. The fraction of sp³-hybridized carbons (Fsp3) is 0.909. The van der Waals surface area contributed by atoms with Gasteiger partial charge in [-0.2, -0.15) is 0 Å². The standard InChI is InChI=1S/C11H23NO5S/c1-4-7-11(3,14)9-12-18(15,16)8-6-10(13)17-5-2/h12,14H,4-9H2,1-3H3. The number of hydrogen-bond donors (Lipinski definition) is 2. The molecule has 0 heterocycles. The van der Waals surface area contributed by atoms with E-state index in [2.05, 4.69) is 9.46 Å². The van der Waals surface area contributed by atoms with Crippen LogP contribution in [-0.2, 0) is 19.6 Å². The summed E-state index contributed by atoms with van der Waals surface area (Å²) in [5.41, 5.74) is -1.06. The van der Waals surface area contributed by atoms with Gasteiger partial charge < -0.3 is 9.84 Å². The molecule has 0 fully saturated rings. The van der Waals surface area contributed by atoms with E-state index in [1.807, 2.05) is 6.92 Å². The van der Waals surface area contributed by atoms with Gasteiger partial charge in [0.2, 0.25) is 10.0 Å². The van der Waals surface area contributed by atoms with Crippen LogP contribution in [0.1, 0.15) is 40.0 Å². The molecule has 0 aliphatic heterocycles. The van der Waals surface area contributed by atoms with Crippen molar-refractivity contribution in [3.8, 4) is 0 Å². The van der Waals surface area contributed by atoms with E-state index in [-0.39, 0.29) is 25.3 Å². The SMILES string of the molecule is CCCC(C)(O)CNS(=O)(=O)CCC(=O)OCC. The van der Waals surface area contributed by atoms with Gasteiger partial charge in [-0.25, -0.2) is 13.1 Å². The highest BCUT2D eigenvalue weighted by molar-refractivity contribution is 7.89. The molecule has 108 valence electrons. The molecule has 0 aliphatic carbocycles. The molecule has 0 aromatic carbocycles. The third-order valence-electron chi connectivity index (χ3n) is 2.34. The summed E-state index contributed by atoms with van der Waals surface area (Å²) in [7, 11) is -3.56. The van der Waals surface area contributed by atoms with Crippen LogP contribution in [0.5, 0.6) is 0 Å². The monoisotopic (exact) mass is 281 g/mol. The van der Waals surface area contributed by atoms with Gasteiger partial charge in [0.15, 0.2) is 0 Å².